The molecular weight excluding hydrogens is 386 g/mol. The molecule has 1 atom stereocenters. The number of carbonyl (C=O) groups excluding carboxylic acids is 1. The molecule has 1 saturated heterocycles. The van der Waals surface area contributed by atoms with Crippen LogP contribution in [-0.4, -0.2) is 70.0 Å². The van der Waals surface area contributed by atoms with Gasteiger partial charge >= 0.3 is 0 Å². The first-order chi connectivity index (χ1) is 14.7. The van der Waals surface area contributed by atoms with Crippen LogP contribution in [0, 0.1) is 0 Å². The molecule has 1 aliphatic heterocycles. The molecule has 1 fully saturated rings. The van der Waals surface area contributed by atoms with Crippen LogP contribution in [0.4, 0.5) is 5.69 Å². The molecule has 158 valence electrons. The molecule has 4 rings (SSSR count). The minimum Gasteiger partial charge on any atom is -0.471 e. The summed E-state index contributed by atoms with van der Waals surface area (Å²) in [5.74, 6) is 0.529. The van der Waals surface area contributed by atoms with Crippen molar-refractivity contribution in [3.63, 3.8) is 0 Å². The predicted molar refractivity (Wildman–Crippen MR) is 111 cm³/mol. The van der Waals surface area contributed by atoms with Gasteiger partial charge in [0.25, 0.3) is 6.47 Å². The number of nitrogens with zero attached hydrogens (tertiary/aromatic N) is 5. The highest BCUT2D eigenvalue weighted by Gasteiger charge is 2.27. The summed E-state index contributed by atoms with van der Waals surface area (Å²) >= 11 is 0. The van der Waals surface area contributed by atoms with Crippen molar-refractivity contribution < 1.29 is 19.4 Å². The van der Waals surface area contributed by atoms with E-state index in [0.29, 0.717) is 45.2 Å². The third kappa shape index (κ3) is 4.37. The average molecular weight is 411 g/mol. The number of aliphatic hydroxyl groups is 1. The third-order valence-corrected chi connectivity index (χ3v) is 5.21. The van der Waals surface area contributed by atoms with Crippen molar-refractivity contribution in [2.75, 3.05) is 37.7 Å². The van der Waals surface area contributed by atoms with Crippen LogP contribution in [0.2, 0.25) is 0 Å². The number of aliphatic hydroxyl groups excluding tert-OH is 1. The second-order valence-corrected chi connectivity index (χ2v) is 7.20. The number of ether oxygens (including phenoxy) is 2. The maximum absolute atomic E-state index is 10.7. The van der Waals surface area contributed by atoms with Gasteiger partial charge in [-0.15, -0.1) is 0 Å². The monoisotopic (exact) mass is 411 g/mol. The first-order valence-corrected chi connectivity index (χ1v) is 9.87. The van der Waals surface area contributed by atoms with Crippen LogP contribution in [-0.2, 0) is 23.2 Å². The largest absolute Gasteiger partial charge is 0.471 e. The molecule has 3 aromatic rings. The van der Waals surface area contributed by atoms with E-state index in [4.69, 9.17) is 9.47 Å². The molecule has 0 spiro atoms. The molecule has 30 heavy (non-hydrogen) atoms. The molecule has 1 unspecified atom stereocenters. The van der Waals surface area contributed by atoms with Crippen molar-refractivity contribution in [2.45, 2.75) is 12.8 Å². The number of fused-ring (bicyclic) bond motifs is 1. The summed E-state index contributed by atoms with van der Waals surface area (Å²) in [6.45, 7) is 3.66. The summed E-state index contributed by atoms with van der Waals surface area (Å²) < 4.78 is 12.5. The van der Waals surface area contributed by atoms with Gasteiger partial charge in [-0.05, 0) is 18.2 Å². The summed E-state index contributed by atoms with van der Waals surface area (Å²) in [6.07, 6.45) is 3.06. The number of β-amino-alcohol motifs (C(OH)–C–C–N with tert-alkyl or cyclic N) is 1. The maximum Gasteiger partial charge on any atom is 0.293 e. The van der Waals surface area contributed by atoms with Gasteiger partial charge in [-0.25, -0.2) is 0 Å². The Labute approximate surface area is 174 Å². The van der Waals surface area contributed by atoms with Crippen LogP contribution in [0.5, 0.6) is 5.88 Å². The Kier molecular flexibility index (Phi) is 6.10. The molecule has 0 bridgehead atoms. The minimum atomic E-state index is -0.652. The Hall–Kier alpha value is -3.17. The van der Waals surface area contributed by atoms with Crippen LogP contribution >= 0.6 is 0 Å². The summed E-state index contributed by atoms with van der Waals surface area (Å²) in [5.41, 5.74) is 2.57. The Balaban J connectivity index is 1.47. The van der Waals surface area contributed by atoms with E-state index in [1.807, 2.05) is 53.0 Å². The zero-order valence-corrected chi connectivity index (χ0v) is 16.8. The Morgan fingerprint density at radius 3 is 2.93 bits per heavy atom. The standard InChI is InChI=1S/C21H25N5O4/c1-24-12-18(26-9-8-25(13-20(26)28)10-11-29-15-27)17-5-6-19(23-21(17)24)30-14-16-4-2-3-7-22-16/h2-7,12,15,20,28H,8-11,13-14H2,1H3. The van der Waals surface area contributed by atoms with Gasteiger partial charge < -0.3 is 24.0 Å². The predicted octanol–water partition coefficient (Wildman–Crippen LogP) is 1.16. The lowest BCUT2D eigenvalue weighted by molar-refractivity contribution is -0.129. The van der Waals surface area contributed by atoms with Crippen LogP contribution in [0.1, 0.15) is 5.69 Å². The number of piperazine rings is 1. The lowest BCUT2D eigenvalue weighted by Gasteiger charge is -2.39. The van der Waals surface area contributed by atoms with Crippen molar-refractivity contribution in [1.29, 1.82) is 0 Å². The second kappa shape index (κ2) is 9.10. The van der Waals surface area contributed by atoms with E-state index in [2.05, 4.69) is 14.9 Å². The third-order valence-electron chi connectivity index (χ3n) is 5.21. The Morgan fingerprint density at radius 1 is 1.27 bits per heavy atom. The minimum absolute atomic E-state index is 0.329. The van der Waals surface area contributed by atoms with Gasteiger partial charge in [-0.1, -0.05) is 6.07 Å². The fourth-order valence-corrected chi connectivity index (χ4v) is 3.69. The first kappa shape index (κ1) is 20.1. The van der Waals surface area contributed by atoms with E-state index in [9.17, 15) is 9.90 Å². The van der Waals surface area contributed by atoms with Crippen LogP contribution in [0.25, 0.3) is 11.0 Å². The molecule has 9 heteroatoms. The zero-order chi connectivity index (χ0) is 20.9. The number of hydrogen-bond donors (Lipinski definition) is 1. The van der Waals surface area contributed by atoms with Crippen molar-refractivity contribution in [2.24, 2.45) is 7.05 Å². The molecule has 0 amide bonds. The van der Waals surface area contributed by atoms with Gasteiger partial charge in [-0.3, -0.25) is 14.7 Å². The Morgan fingerprint density at radius 2 is 2.17 bits per heavy atom. The van der Waals surface area contributed by atoms with E-state index in [1.54, 1.807) is 6.20 Å². The molecule has 0 saturated carbocycles. The molecule has 0 aromatic carbocycles. The van der Waals surface area contributed by atoms with Crippen molar-refractivity contribution in [1.82, 2.24) is 19.4 Å². The van der Waals surface area contributed by atoms with Crippen LogP contribution in [0.3, 0.4) is 0 Å². The van der Waals surface area contributed by atoms with E-state index in [1.165, 1.54) is 0 Å². The zero-order valence-electron chi connectivity index (χ0n) is 16.8. The van der Waals surface area contributed by atoms with Gasteiger partial charge in [-0.2, -0.15) is 4.98 Å². The molecule has 1 N–H and O–H groups in total. The van der Waals surface area contributed by atoms with Gasteiger partial charge in [0, 0.05) is 57.1 Å². The lowest BCUT2D eigenvalue weighted by Crippen LogP contribution is -2.53. The normalized spacial score (nSPS) is 17.3. The SMILES string of the molecule is Cn1cc(N2CCN(CCOC=O)CC2O)c2ccc(OCc3ccccn3)nc21. The number of aryl methyl sites for hydroxylation is 1. The highest BCUT2D eigenvalue weighted by molar-refractivity contribution is 5.91. The smallest absolute Gasteiger partial charge is 0.293 e. The van der Waals surface area contributed by atoms with Gasteiger partial charge in [0.1, 0.15) is 25.1 Å². The highest BCUT2D eigenvalue weighted by atomic mass is 16.5. The van der Waals surface area contributed by atoms with E-state index < -0.39 is 6.23 Å². The number of pyridine rings is 2. The first-order valence-electron chi connectivity index (χ1n) is 9.87. The molecule has 9 nitrogen and oxygen atoms in total. The number of rotatable bonds is 8. The number of anilines is 1. The maximum atomic E-state index is 10.7. The molecular formula is C21H25N5O4. The molecule has 1 aliphatic rings. The summed E-state index contributed by atoms with van der Waals surface area (Å²) in [5, 5.41) is 11.7. The van der Waals surface area contributed by atoms with Gasteiger partial charge in [0.15, 0.2) is 0 Å². The quantitative estimate of drug-likeness (QED) is 0.436. The molecule has 4 heterocycles. The van der Waals surface area contributed by atoms with E-state index in [-0.39, 0.29) is 0 Å². The summed E-state index contributed by atoms with van der Waals surface area (Å²) in [7, 11) is 1.93. The molecule has 0 aliphatic carbocycles. The van der Waals surface area contributed by atoms with Crippen LogP contribution in [0.15, 0.2) is 42.7 Å². The fourth-order valence-electron chi connectivity index (χ4n) is 3.69. The topological polar surface area (TPSA) is 93.0 Å². The summed E-state index contributed by atoms with van der Waals surface area (Å²) in [4.78, 5) is 23.3. The highest BCUT2D eigenvalue weighted by Crippen LogP contribution is 2.31. The Bertz CT molecular complexity index is 994. The van der Waals surface area contributed by atoms with Crippen molar-refractivity contribution >= 4 is 23.2 Å². The van der Waals surface area contributed by atoms with E-state index >= 15 is 0 Å². The lowest BCUT2D eigenvalue weighted by atomic mass is 10.2. The van der Waals surface area contributed by atoms with Gasteiger partial charge in [0.05, 0.1) is 11.4 Å². The fraction of sp³-hybridized carbons (Fsp3) is 0.381. The molecule has 3 aromatic heterocycles. The van der Waals surface area contributed by atoms with Crippen LogP contribution < -0.4 is 9.64 Å². The van der Waals surface area contributed by atoms with E-state index in [0.717, 1.165) is 29.0 Å². The number of aromatic nitrogens is 3. The average Bonchev–Trinajstić information content (AvgIpc) is 3.09. The number of carbonyl (C=O) groups is 1. The van der Waals surface area contributed by atoms with Crippen molar-refractivity contribution in [3.8, 4) is 5.88 Å². The van der Waals surface area contributed by atoms with Gasteiger partial charge in [0.2, 0.25) is 5.88 Å². The molecule has 0 radical (unpaired) electrons. The van der Waals surface area contributed by atoms with Crippen molar-refractivity contribution in [3.05, 3.63) is 48.4 Å². The summed E-state index contributed by atoms with van der Waals surface area (Å²) in [6, 6.07) is 9.51. The number of hydrogen-bond acceptors (Lipinski definition) is 8. The second-order valence-electron chi connectivity index (χ2n) is 7.20.